The van der Waals surface area contributed by atoms with Crippen molar-refractivity contribution in [2.75, 3.05) is 18.0 Å². The van der Waals surface area contributed by atoms with E-state index in [2.05, 4.69) is 26.8 Å². The minimum atomic E-state index is -0.0239. The number of pyridine rings is 2. The highest BCUT2D eigenvalue weighted by atomic mass is 16.1. The number of nitrogens with one attached hydrogen (secondary N) is 1. The third-order valence-electron chi connectivity index (χ3n) is 5.60. The van der Waals surface area contributed by atoms with Gasteiger partial charge in [0.05, 0.1) is 29.7 Å². The van der Waals surface area contributed by atoms with Crippen molar-refractivity contribution in [3.05, 3.63) is 51.7 Å². The van der Waals surface area contributed by atoms with Gasteiger partial charge in [0, 0.05) is 43.4 Å². The Hall–Kier alpha value is -2.67. The van der Waals surface area contributed by atoms with Crippen molar-refractivity contribution in [1.82, 2.24) is 24.6 Å². The van der Waals surface area contributed by atoms with Crippen molar-refractivity contribution in [3.63, 3.8) is 0 Å². The van der Waals surface area contributed by atoms with Gasteiger partial charge in [-0.25, -0.2) is 4.98 Å². The van der Waals surface area contributed by atoms with Crippen LogP contribution in [0, 0.1) is 0 Å². The van der Waals surface area contributed by atoms with Crippen molar-refractivity contribution in [3.8, 4) is 0 Å². The molecule has 0 aliphatic carbocycles. The highest BCUT2D eigenvalue weighted by Gasteiger charge is 2.30. The van der Waals surface area contributed by atoms with Gasteiger partial charge in [-0.05, 0) is 32.0 Å². The van der Waals surface area contributed by atoms with E-state index in [1.807, 2.05) is 12.1 Å². The number of hydrogen-bond donors (Lipinski definition) is 1. The van der Waals surface area contributed by atoms with Gasteiger partial charge in [0.1, 0.15) is 5.65 Å². The van der Waals surface area contributed by atoms with Crippen LogP contribution in [-0.2, 0) is 26.6 Å². The molecule has 2 aliphatic rings. The van der Waals surface area contributed by atoms with E-state index in [1.165, 1.54) is 17.0 Å². The third-order valence-corrected chi connectivity index (χ3v) is 5.60. The average molecular weight is 350 g/mol. The van der Waals surface area contributed by atoms with E-state index >= 15 is 0 Å². The third kappa shape index (κ3) is 2.20. The molecule has 7 heteroatoms. The second-order valence-electron chi connectivity index (χ2n) is 7.27. The summed E-state index contributed by atoms with van der Waals surface area (Å²) in [5.74, 6) is 0. The topological polar surface area (TPSA) is 68.0 Å². The molecule has 1 N–H and O–H groups in total. The summed E-state index contributed by atoms with van der Waals surface area (Å²) in [5.41, 5.74) is 5.52. The summed E-state index contributed by atoms with van der Waals surface area (Å²) >= 11 is 0. The van der Waals surface area contributed by atoms with Gasteiger partial charge in [0.15, 0.2) is 0 Å². The maximum atomic E-state index is 12.5. The van der Waals surface area contributed by atoms with Gasteiger partial charge in [-0.1, -0.05) is 0 Å². The molecule has 5 rings (SSSR count). The quantitative estimate of drug-likeness (QED) is 0.718. The van der Waals surface area contributed by atoms with Crippen LogP contribution in [0.4, 0.5) is 5.69 Å². The molecule has 1 atom stereocenters. The number of aromatic nitrogens is 4. The number of aryl methyl sites for hydroxylation is 1. The Labute approximate surface area is 151 Å². The maximum absolute atomic E-state index is 12.5. The number of rotatable bonds is 1. The molecule has 0 fully saturated rings. The number of anilines is 1. The fourth-order valence-electron chi connectivity index (χ4n) is 4.29. The fourth-order valence-corrected chi connectivity index (χ4v) is 4.29. The number of hydrogen-bond acceptors (Lipinski definition) is 5. The summed E-state index contributed by atoms with van der Waals surface area (Å²) in [6.45, 7) is 5.66. The largest absolute Gasteiger partial charge is 0.363 e. The van der Waals surface area contributed by atoms with Crippen molar-refractivity contribution < 1.29 is 0 Å². The van der Waals surface area contributed by atoms with Crippen LogP contribution in [0.3, 0.4) is 0 Å². The van der Waals surface area contributed by atoms with E-state index < -0.39 is 0 Å². The first-order valence-corrected chi connectivity index (χ1v) is 9.13. The predicted molar refractivity (Wildman–Crippen MR) is 100 cm³/mol. The number of fused-ring (bicyclic) bond motifs is 4. The standard InChI is InChI=1S/C19H22N6O/c1-12-10-24(11-17-13-5-7-20-9-15(13)22-25(12)17)16-8-18(26)23(2)19-14(16)4-3-6-21-19/h3-4,6,8,12,20H,5,7,9-11H2,1-2H3/t12-/m1/s1. The monoisotopic (exact) mass is 350 g/mol. The molecule has 134 valence electrons. The van der Waals surface area contributed by atoms with Crippen LogP contribution >= 0.6 is 0 Å². The van der Waals surface area contributed by atoms with E-state index in [1.54, 1.807) is 23.9 Å². The van der Waals surface area contributed by atoms with Gasteiger partial charge in [-0.2, -0.15) is 5.10 Å². The normalized spacial score (nSPS) is 19.5. The Balaban J connectivity index is 1.65. The van der Waals surface area contributed by atoms with Gasteiger partial charge < -0.3 is 10.2 Å². The molecule has 0 aromatic carbocycles. The first-order chi connectivity index (χ1) is 12.6. The van der Waals surface area contributed by atoms with E-state index in [9.17, 15) is 4.79 Å². The molecule has 2 aliphatic heterocycles. The lowest BCUT2D eigenvalue weighted by Gasteiger charge is -2.35. The summed E-state index contributed by atoms with van der Waals surface area (Å²) < 4.78 is 3.81. The van der Waals surface area contributed by atoms with Gasteiger partial charge in [0.25, 0.3) is 5.56 Å². The van der Waals surface area contributed by atoms with E-state index in [0.717, 1.165) is 49.3 Å². The summed E-state index contributed by atoms with van der Waals surface area (Å²) in [7, 11) is 1.78. The lowest BCUT2D eigenvalue weighted by atomic mass is 10.0. The Kier molecular flexibility index (Phi) is 3.40. The van der Waals surface area contributed by atoms with Crippen molar-refractivity contribution in [2.45, 2.75) is 32.5 Å². The van der Waals surface area contributed by atoms with Crippen LogP contribution in [0.2, 0.25) is 0 Å². The van der Waals surface area contributed by atoms with Crippen LogP contribution in [0.1, 0.15) is 29.9 Å². The van der Waals surface area contributed by atoms with Crippen molar-refractivity contribution in [1.29, 1.82) is 0 Å². The predicted octanol–water partition coefficient (Wildman–Crippen LogP) is 1.36. The van der Waals surface area contributed by atoms with Crippen LogP contribution < -0.4 is 15.8 Å². The zero-order valence-electron chi connectivity index (χ0n) is 15.1. The average Bonchev–Trinajstić information content (AvgIpc) is 3.04. The minimum Gasteiger partial charge on any atom is -0.363 e. The molecule has 3 aromatic heterocycles. The fraction of sp³-hybridized carbons (Fsp3) is 0.421. The Morgan fingerprint density at radius 2 is 2.23 bits per heavy atom. The maximum Gasteiger partial charge on any atom is 0.253 e. The van der Waals surface area contributed by atoms with E-state index in [0.29, 0.717) is 0 Å². The minimum absolute atomic E-state index is 0.0239. The molecular formula is C19H22N6O. The summed E-state index contributed by atoms with van der Waals surface area (Å²) in [4.78, 5) is 19.2. The molecule has 0 saturated heterocycles. The zero-order chi connectivity index (χ0) is 17.8. The second kappa shape index (κ2) is 5.67. The molecule has 0 amide bonds. The first kappa shape index (κ1) is 15.6. The lowest BCUT2D eigenvalue weighted by molar-refractivity contribution is 0.423. The van der Waals surface area contributed by atoms with Crippen LogP contribution in [0.15, 0.2) is 29.2 Å². The summed E-state index contributed by atoms with van der Waals surface area (Å²) in [5, 5.41) is 9.27. The SMILES string of the molecule is C[C@@H]1CN(c2cc(=O)n(C)c3ncccc23)Cc2c3c(nn21)CNCC3. The van der Waals surface area contributed by atoms with Gasteiger partial charge in [-0.15, -0.1) is 0 Å². The van der Waals surface area contributed by atoms with Crippen LogP contribution in [0.25, 0.3) is 11.0 Å². The smallest absolute Gasteiger partial charge is 0.253 e. The molecule has 0 saturated carbocycles. The van der Waals surface area contributed by atoms with E-state index in [4.69, 9.17) is 5.10 Å². The van der Waals surface area contributed by atoms with Crippen molar-refractivity contribution in [2.24, 2.45) is 7.05 Å². The molecule has 0 radical (unpaired) electrons. The lowest BCUT2D eigenvalue weighted by Crippen LogP contribution is -2.38. The molecule has 3 aromatic rings. The molecule has 0 spiro atoms. The van der Waals surface area contributed by atoms with Crippen LogP contribution in [-0.4, -0.2) is 32.4 Å². The highest BCUT2D eigenvalue weighted by molar-refractivity contribution is 5.89. The highest BCUT2D eigenvalue weighted by Crippen LogP contribution is 2.32. The first-order valence-electron chi connectivity index (χ1n) is 9.13. The number of nitrogens with zero attached hydrogens (tertiary/aromatic N) is 5. The second-order valence-corrected chi connectivity index (χ2v) is 7.27. The Morgan fingerprint density at radius 3 is 3.12 bits per heavy atom. The zero-order valence-corrected chi connectivity index (χ0v) is 15.1. The Morgan fingerprint density at radius 1 is 1.35 bits per heavy atom. The molecule has 0 unspecified atom stereocenters. The van der Waals surface area contributed by atoms with E-state index in [-0.39, 0.29) is 11.6 Å². The molecule has 0 bridgehead atoms. The van der Waals surface area contributed by atoms with Gasteiger partial charge in [-0.3, -0.25) is 14.0 Å². The molecule has 5 heterocycles. The van der Waals surface area contributed by atoms with Crippen molar-refractivity contribution >= 4 is 16.7 Å². The van der Waals surface area contributed by atoms with Gasteiger partial charge in [0.2, 0.25) is 0 Å². The van der Waals surface area contributed by atoms with Gasteiger partial charge >= 0.3 is 0 Å². The molecule has 7 nitrogen and oxygen atoms in total. The van der Waals surface area contributed by atoms with Crippen LogP contribution in [0.5, 0.6) is 0 Å². The summed E-state index contributed by atoms with van der Waals surface area (Å²) in [6, 6.07) is 5.99. The molecular weight excluding hydrogens is 328 g/mol. The molecule has 26 heavy (non-hydrogen) atoms. The Bertz CT molecular complexity index is 1070. The summed E-state index contributed by atoms with van der Waals surface area (Å²) in [6.07, 6.45) is 2.76.